The number of hydrogen-bond acceptors (Lipinski definition) is 5. The van der Waals surface area contributed by atoms with Gasteiger partial charge in [0.25, 0.3) is 0 Å². The number of allylic oxidation sites excluding steroid dienone is 2. The van der Waals surface area contributed by atoms with Crippen LogP contribution in [0.5, 0.6) is 0 Å². The van der Waals surface area contributed by atoms with Crippen molar-refractivity contribution >= 4 is 0 Å². The molecule has 29 heavy (non-hydrogen) atoms. The highest BCUT2D eigenvalue weighted by Gasteiger charge is 2.40. The van der Waals surface area contributed by atoms with Crippen molar-refractivity contribution in [1.29, 1.82) is 0 Å². The molecule has 5 nitrogen and oxygen atoms in total. The molecule has 1 aliphatic heterocycles. The van der Waals surface area contributed by atoms with E-state index >= 15 is 0 Å². The van der Waals surface area contributed by atoms with E-state index in [2.05, 4.69) is 19.1 Å². The molecule has 1 heterocycles. The summed E-state index contributed by atoms with van der Waals surface area (Å²) >= 11 is 0. The van der Waals surface area contributed by atoms with Crippen molar-refractivity contribution in [1.82, 2.24) is 0 Å². The van der Waals surface area contributed by atoms with Crippen LogP contribution >= 0.6 is 0 Å². The van der Waals surface area contributed by atoms with E-state index in [1.807, 2.05) is 0 Å². The van der Waals surface area contributed by atoms with Crippen LogP contribution in [-0.2, 0) is 9.47 Å². The minimum atomic E-state index is -1.05. The summed E-state index contributed by atoms with van der Waals surface area (Å²) in [6.07, 6.45) is 19.5. The van der Waals surface area contributed by atoms with E-state index in [-0.39, 0.29) is 6.61 Å². The molecule has 0 radical (unpaired) electrons. The molecular weight excluding hydrogens is 368 g/mol. The molecule has 172 valence electrons. The summed E-state index contributed by atoms with van der Waals surface area (Å²) in [5.41, 5.74) is 0. The van der Waals surface area contributed by atoms with Gasteiger partial charge in [0, 0.05) is 6.61 Å². The lowest BCUT2D eigenvalue weighted by Crippen LogP contribution is -2.41. The molecule has 0 spiro atoms. The van der Waals surface area contributed by atoms with E-state index in [1.54, 1.807) is 0 Å². The van der Waals surface area contributed by atoms with Gasteiger partial charge in [0.15, 0.2) is 0 Å². The maximum atomic E-state index is 10.1. The van der Waals surface area contributed by atoms with Crippen molar-refractivity contribution in [3.8, 4) is 0 Å². The molecule has 1 aliphatic rings. The van der Waals surface area contributed by atoms with Crippen LogP contribution in [0.15, 0.2) is 12.2 Å². The Morgan fingerprint density at radius 3 is 2.03 bits per heavy atom. The molecule has 0 aromatic heterocycles. The lowest BCUT2D eigenvalue weighted by atomic mass is 10.1. The first kappa shape index (κ1) is 26.6. The Morgan fingerprint density at radius 2 is 1.45 bits per heavy atom. The monoisotopic (exact) mass is 414 g/mol. The standard InChI is InChI=1S/C24H46O5/c1-2-3-4-5-6-7-8-9-10-11-12-13-14-15-16-17-18-28-22-20-29-24(23(22)27)21(26)19-25/h9-10,21-27H,2-8,11-20H2,1H3/b10-9+/t21-,22+,23+,24+/m0/s1. The molecule has 0 saturated carbocycles. The van der Waals surface area contributed by atoms with E-state index < -0.39 is 31.0 Å². The Morgan fingerprint density at radius 1 is 0.897 bits per heavy atom. The number of aliphatic hydroxyl groups excluding tert-OH is 3. The number of rotatable bonds is 19. The molecule has 1 saturated heterocycles. The highest BCUT2D eigenvalue weighted by molar-refractivity contribution is 4.88. The molecule has 1 fully saturated rings. The van der Waals surface area contributed by atoms with Gasteiger partial charge in [-0.2, -0.15) is 0 Å². The van der Waals surface area contributed by atoms with Crippen LogP contribution < -0.4 is 0 Å². The van der Waals surface area contributed by atoms with E-state index in [0.717, 1.165) is 12.8 Å². The molecule has 0 aromatic carbocycles. The maximum absolute atomic E-state index is 10.1. The molecule has 4 atom stereocenters. The predicted molar refractivity (Wildman–Crippen MR) is 118 cm³/mol. The minimum Gasteiger partial charge on any atom is -0.394 e. The molecule has 5 heteroatoms. The van der Waals surface area contributed by atoms with Gasteiger partial charge in [0.1, 0.15) is 24.4 Å². The fraction of sp³-hybridized carbons (Fsp3) is 0.917. The molecule has 0 bridgehead atoms. The van der Waals surface area contributed by atoms with E-state index in [4.69, 9.17) is 14.6 Å². The quantitative estimate of drug-likeness (QED) is 0.214. The summed E-state index contributed by atoms with van der Waals surface area (Å²) < 4.78 is 11.0. The fourth-order valence-electron chi connectivity index (χ4n) is 3.79. The van der Waals surface area contributed by atoms with E-state index in [0.29, 0.717) is 6.61 Å². The summed E-state index contributed by atoms with van der Waals surface area (Å²) in [6, 6.07) is 0. The molecular formula is C24H46O5. The van der Waals surface area contributed by atoms with Gasteiger partial charge in [-0.1, -0.05) is 76.9 Å². The first-order valence-electron chi connectivity index (χ1n) is 12.1. The van der Waals surface area contributed by atoms with Crippen molar-refractivity contribution in [2.75, 3.05) is 19.8 Å². The topological polar surface area (TPSA) is 79.2 Å². The first-order valence-corrected chi connectivity index (χ1v) is 12.1. The lowest BCUT2D eigenvalue weighted by molar-refractivity contribution is -0.0730. The number of ether oxygens (including phenoxy) is 2. The van der Waals surface area contributed by atoms with Gasteiger partial charge >= 0.3 is 0 Å². The third-order valence-corrected chi connectivity index (χ3v) is 5.72. The largest absolute Gasteiger partial charge is 0.394 e. The zero-order chi connectivity index (χ0) is 21.2. The third-order valence-electron chi connectivity index (χ3n) is 5.72. The summed E-state index contributed by atoms with van der Waals surface area (Å²) in [6.45, 7) is 2.73. The molecule has 0 amide bonds. The predicted octanol–water partition coefficient (Wildman–Crippen LogP) is 4.52. The second-order valence-corrected chi connectivity index (χ2v) is 8.39. The molecule has 0 unspecified atom stereocenters. The average molecular weight is 415 g/mol. The Balaban J connectivity index is 1.83. The van der Waals surface area contributed by atoms with E-state index in [9.17, 15) is 10.2 Å². The Labute approximate surface area is 178 Å². The summed E-state index contributed by atoms with van der Waals surface area (Å²) in [4.78, 5) is 0. The van der Waals surface area contributed by atoms with Crippen LogP contribution in [0.3, 0.4) is 0 Å². The fourth-order valence-corrected chi connectivity index (χ4v) is 3.79. The van der Waals surface area contributed by atoms with Crippen molar-refractivity contribution in [2.24, 2.45) is 0 Å². The Kier molecular flexibility index (Phi) is 16.8. The number of hydrogen-bond donors (Lipinski definition) is 3. The second kappa shape index (κ2) is 18.3. The van der Waals surface area contributed by atoms with Crippen LogP contribution in [0, 0.1) is 0 Å². The highest BCUT2D eigenvalue weighted by Crippen LogP contribution is 2.20. The summed E-state index contributed by atoms with van der Waals surface area (Å²) in [5, 5.41) is 28.6. The van der Waals surface area contributed by atoms with Crippen molar-refractivity contribution in [3.63, 3.8) is 0 Å². The minimum absolute atomic E-state index is 0.273. The second-order valence-electron chi connectivity index (χ2n) is 8.39. The Hall–Kier alpha value is -0.460. The highest BCUT2D eigenvalue weighted by atomic mass is 16.6. The SMILES string of the molecule is CCCCCCCC/C=C/CCCCCCCCO[C@@H]1CO[C@H]([C@@H](O)CO)[C@@H]1O. The van der Waals surface area contributed by atoms with Gasteiger partial charge < -0.3 is 24.8 Å². The maximum Gasteiger partial charge on any atom is 0.114 e. The number of unbranched alkanes of at least 4 members (excludes halogenated alkanes) is 12. The van der Waals surface area contributed by atoms with Gasteiger partial charge in [-0.3, -0.25) is 0 Å². The van der Waals surface area contributed by atoms with Crippen LogP contribution in [0.1, 0.15) is 96.8 Å². The average Bonchev–Trinajstić information content (AvgIpc) is 3.10. The third kappa shape index (κ3) is 12.7. The first-order chi connectivity index (χ1) is 14.2. The Bertz CT molecular complexity index is 387. The molecule has 0 aromatic rings. The lowest BCUT2D eigenvalue weighted by Gasteiger charge is -2.20. The summed E-state index contributed by atoms with van der Waals surface area (Å²) in [7, 11) is 0. The summed E-state index contributed by atoms with van der Waals surface area (Å²) in [5.74, 6) is 0. The smallest absolute Gasteiger partial charge is 0.114 e. The zero-order valence-corrected chi connectivity index (χ0v) is 18.6. The van der Waals surface area contributed by atoms with Crippen molar-refractivity contribution < 1.29 is 24.8 Å². The van der Waals surface area contributed by atoms with Crippen LogP contribution in [0.25, 0.3) is 0 Å². The van der Waals surface area contributed by atoms with Crippen LogP contribution in [-0.4, -0.2) is 59.6 Å². The van der Waals surface area contributed by atoms with Gasteiger partial charge in [-0.15, -0.1) is 0 Å². The van der Waals surface area contributed by atoms with Crippen LogP contribution in [0.2, 0.25) is 0 Å². The van der Waals surface area contributed by atoms with Crippen molar-refractivity contribution in [3.05, 3.63) is 12.2 Å². The number of aliphatic hydroxyl groups is 3. The van der Waals surface area contributed by atoms with Gasteiger partial charge in [0.2, 0.25) is 0 Å². The normalized spacial score (nSPS) is 23.2. The van der Waals surface area contributed by atoms with Gasteiger partial charge in [0.05, 0.1) is 13.2 Å². The van der Waals surface area contributed by atoms with Crippen molar-refractivity contribution in [2.45, 2.75) is 121 Å². The molecule has 0 aliphatic carbocycles. The molecule has 1 rings (SSSR count). The van der Waals surface area contributed by atoms with E-state index in [1.165, 1.54) is 77.0 Å². The molecule has 3 N–H and O–H groups in total. The van der Waals surface area contributed by atoms with Gasteiger partial charge in [-0.25, -0.2) is 0 Å². The van der Waals surface area contributed by atoms with Gasteiger partial charge in [-0.05, 0) is 32.1 Å². The van der Waals surface area contributed by atoms with Crippen LogP contribution in [0.4, 0.5) is 0 Å². The zero-order valence-electron chi connectivity index (χ0n) is 18.6.